The SMILES string of the molecule is O/N=C1\CCCCCC[C@@H]1Sc1ncccn1. The van der Waals surface area contributed by atoms with Gasteiger partial charge in [-0.2, -0.15) is 0 Å². The second kappa shape index (κ2) is 6.59. The highest BCUT2D eigenvalue weighted by Gasteiger charge is 2.20. The fraction of sp³-hybridized carbons (Fsp3) is 0.583. The molecule has 17 heavy (non-hydrogen) atoms. The largest absolute Gasteiger partial charge is 0.411 e. The molecule has 1 aliphatic carbocycles. The van der Waals surface area contributed by atoms with Crippen molar-refractivity contribution in [3.05, 3.63) is 18.5 Å². The summed E-state index contributed by atoms with van der Waals surface area (Å²) in [7, 11) is 0. The van der Waals surface area contributed by atoms with Crippen LogP contribution >= 0.6 is 11.8 Å². The van der Waals surface area contributed by atoms with Gasteiger partial charge in [-0.15, -0.1) is 0 Å². The van der Waals surface area contributed by atoms with Crippen LogP contribution in [0.2, 0.25) is 0 Å². The van der Waals surface area contributed by atoms with Crippen LogP contribution in [0.4, 0.5) is 0 Å². The number of aromatic nitrogens is 2. The molecule has 1 fully saturated rings. The summed E-state index contributed by atoms with van der Waals surface area (Å²) in [6.45, 7) is 0. The predicted octanol–water partition coefficient (Wildman–Crippen LogP) is 3.12. The summed E-state index contributed by atoms with van der Waals surface area (Å²) in [6, 6.07) is 1.81. The Hall–Kier alpha value is -1.10. The first kappa shape index (κ1) is 12.4. The number of oxime groups is 1. The van der Waals surface area contributed by atoms with E-state index in [0.29, 0.717) is 0 Å². The van der Waals surface area contributed by atoms with Crippen molar-refractivity contribution in [3.63, 3.8) is 0 Å². The molecule has 1 atom stereocenters. The van der Waals surface area contributed by atoms with Crippen LogP contribution in [0, 0.1) is 0 Å². The van der Waals surface area contributed by atoms with Gasteiger partial charge in [0.05, 0.1) is 11.0 Å². The lowest BCUT2D eigenvalue weighted by Gasteiger charge is -2.19. The normalized spacial score (nSPS) is 24.2. The Bertz CT molecular complexity index is 369. The molecule has 0 amide bonds. The molecule has 1 heterocycles. The molecule has 0 aliphatic heterocycles. The summed E-state index contributed by atoms with van der Waals surface area (Å²) in [5, 5.41) is 13.5. The summed E-state index contributed by atoms with van der Waals surface area (Å²) < 4.78 is 0. The maximum absolute atomic E-state index is 9.09. The van der Waals surface area contributed by atoms with E-state index in [0.717, 1.165) is 30.1 Å². The minimum absolute atomic E-state index is 0.225. The molecule has 1 saturated carbocycles. The molecule has 5 heteroatoms. The van der Waals surface area contributed by atoms with E-state index in [9.17, 15) is 0 Å². The van der Waals surface area contributed by atoms with Gasteiger partial charge in [0, 0.05) is 12.4 Å². The van der Waals surface area contributed by atoms with Gasteiger partial charge in [0.25, 0.3) is 0 Å². The first-order chi connectivity index (χ1) is 8.40. The minimum Gasteiger partial charge on any atom is -0.411 e. The van der Waals surface area contributed by atoms with E-state index in [4.69, 9.17) is 5.21 Å². The highest BCUT2D eigenvalue weighted by atomic mass is 32.2. The summed E-state index contributed by atoms with van der Waals surface area (Å²) in [5.74, 6) is 0. The molecule has 0 spiro atoms. The molecule has 1 aliphatic rings. The van der Waals surface area contributed by atoms with Crippen LogP contribution in [0.1, 0.15) is 38.5 Å². The molecule has 0 bridgehead atoms. The van der Waals surface area contributed by atoms with Crippen molar-refractivity contribution in [2.75, 3.05) is 0 Å². The summed E-state index contributed by atoms with van der Waals surface area (Å²) in [4.78, 5) is 8.42. The monoisotopic (exact) mass is 251 g/mol. The van der Waals surface area contributed by atoms with Gasteiger partial charge in [-0.25, -0.2) is 9.97 Å². The van der Waals surface area contributed by atoms with Crippen molar-refractivity contribution in [2.24, 2.45) is 5.16 Å². The Labute approximate surface area is 106 Å². The second-order valence-corrected chi connectivity index (χ2v) is 5.35. The molecule has 1 aromatic rings. The maximum atomic E-state index is 9.09. The van der Waals surface area contributed by atoms with Crippen LogP contribution in [0.3, 0.4) is 0 Å². The van der Waals surface area contributed by atoms with E-state index in [1.165, 1.54) is 19.3 Å². The van der Waals surface area contributed by atoms with Crippen molar-refractivity contribution in [1.82, 2.24) is 9.97 Å². The first-order valence-corrected chi connectivity index (χ1v) is 6.92. The van der Waals surface area contributed by atoms with Gasteiger partial charge < -0.3 is 5.21 Å². The van der Waals surface area contributed by atoms with Gasteiger partial charge in [-0.3, -0.25) is 0 Å². The van der Waals surface area contributed by atoms with Gasteiger partial charge in [0.15, 0.2) is 5.16 Å². The van der Waals surface area contributed by atoms with Crippen molar-refractivity contribution in [2.45, 2.75) is 48.9 Å². The van der Waals surface area contributed by atoms with Gasteiger partial charge in [0.2, 0.25) is 0 Å². The molecule has 0 unspecified atom stereocenters. The number of hydrogen-bond donors (Lipinski definition) is 1. The summed E-state index contributed by atoms with van der Waals surface area (Å²) >= 11 is 1.61. The van der Waals surface area contributed by atoms with Crippen molar-refractivity contribution in [3.8, 4) is 0 Å². The number of hydrogen-bond acceptors (Lipinski definition) is 5. The molecule has 0 aromatic carbocycles. The Morgan fingerprint density at radius 1 is 1.18 bits per heavy atom. The van der Waals surface area contributed by atoms with E-state index in [-0.39, 0.29) is 5.25 Å². The molecule has 0 saturated heterocycles. The fourth-order valence-corrected chi connectivity index (χ4v) is 3.12. The number of thioether (sulfide) groups is 1. The first-order valence-electron chi connectivity index (χ1n) is 6.04. The summed E-state index contributed by atoms with van der Waals surface area (Å²) in [5.41, 5.74) is 0.891. The van der Waals surface area contributed by atoms with Crippen LogP contribution in [-0.4, -0.2) is 26.1 Å². The lowest BCUT2D eigenvalue weighted by atomic mass is 9.99. The van der Waals surface area contributed by atoms with Gasteiger partial charge >= 0.3 is 0 Å². The zero-order valence-corrected chi connectivity index (χ0v) is 10.6. The quantitative estimate of drug-likeness (QED) is 0.498. The molecule has 2 rings (SSSR count). The molecule has 1 aromatic heterocycles. The van der Waals surface area contributed by atoms with E-state index in [1.54, 1.807) is 24.2 Å². The highest BCUT2D eigenvalue weighted by Crippen LogP contribution is 2.28. The Kier molecular flexibility index (Phi) is 4.79. The molecule has 0 radical (unpaired) electrons. The average Bonchev–Trinajstić information content (AvgIpc) is 2.34. The Balaban J connectivity index is 2.05. The third-order valence-corrected chi connectivity index (χ3v) is 4.15. The summed E-state index contributed by atoms with van der Waals surface area (Å²) in [6.07, 6.45) is 10.2. The molecular formula is C12H17N3OS. The standard InChI is InChI=1S/C12H17N3OS/c16-15-10-6-3-1-2-4-7-11(10)17-12-13-8-5-9-14-12/h5,8-9,11,16H,1-4,6-7H2/b15-10+/t11-/m0/s1. The van der Waals surface area contributed by atoms with Gasteiger partial charge in [-0.1, -0.05) is 36.2 Å². The third-order valence-electron chi connectivity index (χ3n) is 2.94. The van der Waals surface area contributed by atoms with Crippen LogP contribution in [0.25, 0.3) is 0 Å². The zero-order valence-electron chi connectivity index (χ0n) is 9.75. The molecular weight excluding hydrogens is 234 g/mol. The van der Waals surface area contributed by atoms with E-state index in [1.807, 2.05) is 6.07 Å². The minimum atomic E-state index is 0.225. The predicted molar refractivity (Wildman–Crippen MR) is 68.6 cm³/mol. The zero-order chi connectivity index (χ0) is 11.9. The number of nitrogens with zero attached hydrogens (tertiary/aromatic N) is 3. The maximum Gasteiger partial charge on any atom is 0.188 e. The second-order valence-electron chi connectivity index (χ2n) is 4.18. The third kappa shape index (κ3) is 3.70. The molecule has 92 valence electrons. The van der Waals surface area contributed by atoms with Crippen molar-refractivity contribution < 1.29 is 5.21 Å². The van der Waals surface area contributed by atoms with Crippen molar-refractivity contribution in [1.29, 1.82) is 0 Å². The Morgan fingerprint density at radius 2 is 1.94 bits per heavy atom. The van der Waals surface area contributed by atoms with E-state index >= 15 is 0 Å². The smallest absolute Gasteiger partial charge is 0.188 e. The van der Waals surface area contributed by atoms with Crippen LogP contribution in [0.5, 0.6) is 0 Å². The van der Waals surface area contributed by atoms with Crippen LogP contribution < -0.4 is 0 Å². The van der Waals surface area contributed by atoms with Crippen LogP contribution in [0.15, 0.2) is 28.8 Å². The van der Waals surface area contributed by atoms with Crippen LogP contribution in [-0.2, 0) is 0 Å². The van der Waals surface area contributed by atoms with Gasteiger partial charge in [-0.05, 0) is 25.3 Å². The molecule has 1 N–H and O–H groups in total. The number of rotatable bonds is 2. The lowest BCUT2D eigenvalue weighted by Crippen LogP contribution is -2.19. The topological polar surface area (TPSA) is 58.4 Å². The lowest BCUT2D eigenvalue weighted by molar-refractivity contribution is 0.315. The highest BCUT2D eigenvalue weighted by molar-refractivity contribution is 8.00. The van der Waals surface area contributed by atoms with E-state index < -0.39 is 0 Å². The van der Waals surface area contributed by atoms with E-state index in [2.05, 4.69) is 15.1 Å². The molecule has 4 nitrogen and oxygen atoms in total. The fourth-order valence-electron chi connectivity index (χ4n) is 2.03. The van der Waals surface area contributed by atoms with Crippen molar-refractivity contribution >= 4 is 17.5 Å². The van der Waals surface area contributed by atoms with Gasteiger partial charge in [0.1, 0.15) is 0 Å². The Morgan fingerprint density at radius 3 is 2.71 bits per heavy atom. The average molecular weight is 251 g/mol.